The van der Waals surface area contributed by atoms with Gasteiger partial charge >= 0.3 is 13.8 Å². The summed E-state index contributed by atoms with van der Waals surface area (Å²) in [5, 5.41) is 0. The van der Waals surface area contributed by atoms with E-state index in [1.165, 1.54) is 18.2 Å². The molecule has 0 aliphatic rings. The van der Waals surface area contributed by atoms with Crippen molar-refractivity contribution < 1.29 is 27.2 Å². The highest BCUT2D eigenvalue weighted by molar-refractivity contribution is 9.10. The number of hydrogen-bond donors (Lipinski definition) is 1. The number of alkyl halides is 2. The van der Waals surface area contributed by atoms with Crippen LogP contribution < -0.4 is 4.52 Å². The number of halogens is 4. The molecule has 2 aromatic rings. The van der Waals surface area contributed by atoms with E-state index in [9.17, 15) is 17.7 Å². The molecule has 9 heteroatoms. The lowest BCUT2D eigenvalue weighted by Crippen LogP contribution is -2.01. The first-order valence-corrected chi connectivity index (χ1v) is 10.3. The molecule has 0 aliphatic heterocycles. The van der Waals surface area contributed by atoms with Crippen LogP contribution in [0.1, 0.15) is 11.1 Å². The molecule has 3 nitrogen and oxygen atoms in total. The zero-order valence-corrected chi connectivity index (χ0v) is 15.5. The minimum absolute atomic E-state index is 0.117. The average Bonchev–Trinajstić information content (AvgIpc) is 2.51. The van der Waals surface area contributed by atoms with E-state index in [4.69, 9.17) is 4.89 Å². The maximum Gasteiger partial charge on any atom is 0.442 e. The topological polar surface area (TPSA) is 46.5 Å². The summed E-state index contributed by atoms with van der Waals surface area (Å²) in [6.45, 7) is 0. The van der Waals surface area contributed by atoms with Crippen molar-refractivity contribution >= 4 is 35.3 Å². The molecule has 2 aromatic carbocycles. The van der Waals surface area contributed by atoms with Gasteiger partial charge < -0.3 is 9.42 Å². The van der Waals surface area contributed by atoms with Crippen molar-refractivity contribution in [1.82, 2.24) is 0 Å². The molecule has 0 aliphatic carbocycles. The zero-order valence-electron chi connectivity index (χ0n) is 12.2. The third-order valence-corrected chi connectivity index (χ3v) is 5.57. The van der Waals surface area contributed by atoms with Crippen molar-refractivity contribution in [3.63, 3.8) is 0 Å². The van der Waals surface area contributed by atoms with Crippen molar-refractivity contribution in [3.8, 4) is 5.75 Å². The Kier molecular flexibility index (Phi) is 6.80. The van der Waals surface area contributed by atoms with Gasteiger partial charge in [-0.15, -0.1) is 0 Å². The third-order valence-electron chi connectivity index (χ3n) is 2.92. The van der Waals surface area contributed by atoms with Gasteiger partial charge in [0.25, 0.3) is 0 Å². The Hall–Kier alpha value is -0.950. The summed E-state index contributed by atoms with van der Waals surface area (Å²) < 4.78 is 53.6. The first-order valence-electron chi connectivity index (χ1n) is 6.69. The van der Waals surface area contributed by atoms with Crippen molar-refractivity contribution in [3.05, 3.63) is 63.9 Å². The molecule has 0 amide bonds. The van der Waals surface area contributed by atoms with E-state index in [1.807, 2.05) is 0 Å². The molecule has 1 atom stereocenters. The Morgan fingerprint density at radius 3 is 2.29 bits per heavy atom. The van der Waals surface area contributed by atoms with Gasteiger partial charge in [0.1, 0.15) is 11.6 Å². The summed E-state index contributed by atoms with van der Waals surface area (Å²) in [4.78, 5) is 9.06. The van der Waals surface area contributed by atoms with Crippen molar-refractivity contribution in [1.29, 1.82) is 0 Å². The van der Waals surface area contributed by atoms with E-state index in [-0.39, 0.29) is 11.6 Å². The Morgan fingerprint density at radius 2 is 1.71 bits per heavy atom. The quantitative estimate of drug-likeness (QED) is 0.552. The Labute approximate surface area is 149 Å². The van der Waals surface area contributed by atoms with Crippen LogP contribution in [-0.4, -0.2) is 11.1 Å². The second-order valence-electron chi connectivity index (χ2n) is 4.82. The predicted molar refractivity (Wildman–Crippen MR) is 92.0 cm³/mol. The molecular weight excluding hydrogens is 428 g/mol. The monoisotopic (exact) mass is 440 g/mol. The van der Waals surface area contributed by atoms with Gasteiger partial charge in [0.05, 0.1) is 4.47 Å². The Bertz CT molecular complexity index is 743. The van der Waals surface area contributed by atoms with Crippen molar-refractivity contribution in [2.45, 2.75) is 17.7 Å². The maximum absolute atomic E-state index is 12.8. The van der Waals surface area contributed by atoms with Crippen LogP contribution in [0.4, 0.5) is 13.2 Å². The minimum atomic E-state index is -4.99. The molecule has 1 unspecified atom stereocenters. The van der Waals surface area contributed by atoms with E-state index in [1.54, 1.807) is 36.0 Å². The fraction of sp³-hybridized carbons (Fsp3) is 0.200. The van der Waals surface area contributed by atoms with E-state index >= 15 is 0 Å². The smallest absolute Gasteiger partial charge is 0.420 e. The second-order valence-corrected chi connectivity index (χ2v) is 8.36. The standard InChI is InChI=1S/C15H13BrF3O3PS/c16-13-7-11(3-6-14(13)22-23(20,21)15(18)19)9-24-8-10-1-4-12(17)5-2-10/h1-7,15H,8-9H2,(H,20,21). The maximum atomic E-state index is 12.8. The summed E-state index contributed by atoms with van der Waals surface area (Å²) in [6.07, 6.45) is -3.46. The van der Waals surface area contributed by atoms with E-state index < -0.39 is 13.8 Å². The van der Waals surface area contributed by atoms with Crippen LogP contribution in [0.25, 0.3) is 0 Å². The minimum Gasteiger partial charge on any atom is -0.420 e. The molecule has 2 rings (SSSR count). The number of rotatable bonds is 7. The Balaban J connectivity index is 1.94. The lowest BCUT2D eigenvalue weighted by molar-refractivity contribution is 0.188. The summed E-state index contributed by atoms with van der Waals surface area (Å²) in [5.74, 6) is 0.914. The zero-order chi connectivity index (χ0) is 17.7. The van der Waals surface area contributed by atoms with Gasteiger partial charge in [0, 0.05) is 11.5 Å². The van der Waals surface area contributed by atoms with Gasteiger partial charge in [-0.05, 0) is 51.3 Å². The van der Waals surface area contributed by atoms with Crippen molar-refractivity contribution in [2.24, 2.45) is 0 Å². The van der Waals surface area contributed by atoms with Gasteiger partial charge in [-0.3, -0.25) is 0 Å². The molecule has 0 fully saturated rings. The van der Waals surface area contributed by atoms with E-state index in [2.05, 4.69) is 20.5 Å². The molecular formula is C15H13BrF3O3PS. The van der Waals surface area contributed by atoms with Crippen LogP contribution in [0.15, 0.2) is 46.9 Å². The molecule has 0 bridgehead atoms. The highest BCUT2D eigenvalue weighted by Gasteiger charge is 2.34. The van der Waals surface area contributed by atoms with E-state index in [0.29, 0.717) is 16.0 Å². The van der Waals surface area contributed by atoms with Gasteiger partial charge in [-0.1, -0.05) is 18.2 Å². The molecule has 0 saturated heterocycles. The number of hydrogen-bond acceptors (Lipinski definition) is 3. The Morgan fingerprint density at radius 1 is 1.12 bits per heavy atom. The highest BCUT2D eigenvalue weighted by Crippen LogP contribution is 2.50. The molecule has 1 N–H and O–H groups in total. The first-order chi connectivity index (χ1) is 11.3. The van der Waals surface area contributed by atoms with Crippen LogP contribution in [0.5, 0.6) is 5.75 Å². The summed E-state index contributed by atoms with van der Waals surface area (Å²) >= 11 is 4.73. The fourth-order valence-electron chi connectivity index (χ4n) is 1.76. The fourth-order valence-corrected chi connectivity index (χ4v) is 3.85. The predicted octanol–water partition coefficient (Wildman–Crippen LogP) is 5.81. The lowest BCUT2D eigenvalue weighted by atomic mass is 10.2. The summed E-state index contributed by atoms with van der Waals surface area (Å²) in [6, 6.07) is 10.8. The van der Waals surface area contributed by atoms with E-state index in [0.717, 1.165) is 11.1 Å². The van der Waals surface area contributed by atoms with Crippen LogP contribution in [-0.2, 0) is 16.1 Å². The van der Waals surface area contributed by atoms with Crippen molar-refractivity contribution in [2.75, 3.05) is 0 Å². The van der Waals surface area contributed by atoms with Crippen LogP contribution in [0.2, 0.25) is 0 Å². The molecule has 0 saturated carbocycles. The van der Waals surface area contributed by atoms with Crippen LogP contribution in [0.3, 0.4) is 0 Å². The molecule has 0 radical (unpaired) electrons. The SMILES string of the molecule is O=P(O)(Oc1ccc(CSCc2ccc(F)cc2)cc1Br)C(F)F. The highest BCUT2D eigenvalue weighted by atomic mass is 79.9. The molecule has 130 valence electrons. The lowest BCUT2D eigenvalue weighted by Gasteiger charge is -2.14. The van der Waals surface area contributed by atoms with Crippen LogP contribution >= 0.6 is 35.3 Å². The normalized spacial score (nSPS) is 13.8. The van der Waals surface area contributed by atoms with Gasteiger partial charge in [-0.25, -0.2) is 8.96 Å². The largest absolute Gasteiger partial charge is 0.442 e. The first kappa shape index (κ1) is 19.4. The van der Waals surface area contributed by atoms with Gasteiger partial charge in [-0.2, -0.15) is 20.5 Å². The number of thioether (sulfide) groups is 1. The number of benzene rings is 2. The summed E-state index contributed by atoms with van der Waals surface area (Å²) in [5.41, 5.74) is 1.87. The third kappa shape index (κ3) is 5.55. The molecule has 0 spiro atoms. The molecule has 0 heterocycles. The van der Waals surface area contributed by atoms with Gasteiger partial charge in [0.2, 0.25) is 0 Å². The van der Waals surface area contributed by atoms with Crippen LogP contribution in [0, 0.1) is 5.82 Å². The average molecular weight is 441 g/mol. The summed E-state index contributed by atoms with van der Waals surface area (Å²) in [7, 11) is -4.99. The molecule has 0 aromatic heterocycles. The second kappa shape index (κ2) is 8.43. The van der Waals surface area contributed by atoms with Gasteiger partial charge in [0.15, 0.2) is 0 Å². The molecule has 24 heavy (non-hydrogen) atoms.